The van der Waals surface area contributed by atoms with Crippen LogP contribution in [0.15, 0.2) is 36.8 Å². The Morgan fingerprint density at radius 2 is 1.85 bits per heavy atom. The van der Waals surface area contributed by atoms with E-state index in [1.54, 1.807) is 12.4 Å². The fourth-order valence-corrected chi connectivity index (χ4v) is 3.47. The maximum absolute atomic E-state index is 13.0. The van der Waals surface area contributed by atoms with E-state index >= 15 is 0 Å². The van der Waals surface area contributed by atoms with Crippen molar-refractivity contribution in [3.05, 3.63) is 48.0 Å². The highest BCUT2D eigenvalue weighted by Gasteiger charge is 2.27. The average molecular weight is 364 g/mol. The Hall–Kier alpha value is -2.83. The fourth-order valence-electron chi connectivity index (χ4n) is 3.47. The normalized spacial score (nSPS) is 16.0. The van der Waals surface area contributed by atoms with Gasteiger partial charge in [-0.05, 0) is 25.0 Å². The lowest BCUT2D eigenvalue weighted by atomic mass is 9.93. The van der Waals surface area contributed by atoms with E-state index in [1.807, 2.05) is 34.0 Å². The number of piperidine rings is 1. The molecule has 0 unspecified atom stereocenters. The summed E-state index contributed by atoms with van der Waals surface area (Å²) in [5, 5.41) is 8.64. The van der Waals surface area contributed by atoms with Crippen LogP contribution in [-0.4, -0.2) is 48.9 Å². The Bertz CT molecular complexity index is 961. The molecule has 140 valence electrons. The van der Waals surface area contributed by atoms with Crippen molar-refractivity contribution in [1.82, 2.24) is 29.9 Å². The first-order chi connectivity index (χ1) is 12.9. The van der Waals surface area contributed by atoms with Crippen molar-refractivity contribution >= 4 is 16.9 Å². The number of fused-ring (bicyclic) bond motifs is 1. The van der Waals surface area contributed by atoms with Gasteiger partial charge in [-0.1, -0.05) is 32.1 Å². The van der Waals surface area contributed by atoms with Crippen LogP contribution >= 0.6 is 0 Å². The molecule has 1 aromatic carbocycles. The van der Waals surface area contributed by atoms with Crippen LogP contribution in [0.1, 0.15) is 55.7 Å². The molecule has 0 radical (unpaired) electrons. The third-order valence-electron chi connectivity index (χ3n) is 5.13. The smallest absolute Gasteiger partial charge is 0.256 e. The molecule has 3 aromatic rings. The number of rotatable bonds is 2. The van der Waals surface area contributed by atoms with Crippen molar-refractivity contribution in [2.75, 3.05) is 13.1 Å². The first-order valence-electron chi connectivity index (χ1n) is 9.35. The highest BCUT2D eigenvalue weighted by atomic mass is 16.2. The van der Waals surface area contributed by atoms with Crippen molar-refractivity contribution in [3.8, 4) is 0 Å². The molecular formula is C20H24N6O. The third kappa shape index (κ3) is 3.41. The van der Waals surface area contributed by atoms with Crippen molar-refractivity contribution < 1.29 is 4.79 Å². The first-order valence-corrected chi connectivity index (χ1v) is 9.35. The zero-order chi connectivity index (χ0) is 19.0. The quantitative estimate of drug-likeness (QED) is 0.699. The largest absolute Gasteiger partial charge is 0.338 e. The zero-order valence-electron chi connectivity index (χ0n) is 16.0. The second-order valence-electron chi connectivity index (χ2n) is 8.09. The standard InChI is InChI=1S/C20H24N6O/c1-20(2,3)17-13-26(24-23-17)14-7-11-25(12-8-14)19(27)15-5-4-6-16-18(15)22-10-9-21-16/h4-6,9-10,13-14H,7-8,11-12H2,1-3H3. The van der Waals surface area contributed by atoms with Gasteiger partial charge in [-0.3, -0.25) is 14.8 Å². The highest BCUT2D eigenvalue weighted by molar-refractivity contribution is 6.04. The van der Waals surface area contributed by atoms with Gasteiger partial charge in [0.25, 0.3) is 5.91 Å². The van der Waals surface area contributed by atoms with Gasteiger partial charge in [-0.25, -0.2) is 4.68 Å². The number of para-hydroxylation sites is 1. The monoisotopic (exact) mass is 364 g/mol. The molecule has 0 spiro atoms. The van der Waals surface area contributed by atoms with Gasteiger partial charge in [0.15, 0.2) is 0 Å². The zero-order valence-corrected chi connectivity index (χ0v) is 16.0. The molecule has 1 fully saturated rings. The van der Waals surface area contributed by atoms with Crippen LogP contribution in [0.2, 0.25) is 0 Å². The number of likely N-dealkylation sites (tertiary alicyclic amines) is 1. The lowest BCUT2D eigenvalue weighted by Crippen LogP contribution is -2.39. The van der Waals surface area contributed by atoms with Gasteiger partial charge in [-0.2, -0.15) is 0 Å². The molecule has 0 aliphatic carbocycles. The Morgan fingerprint density at radius 1 is 1.11 bits per heavy atom. The number of carbonyl (C=O) groups excluding carboxylic acids is 1. The number of hydrogen-bond acceptors (Lipinski definition) is 5. The second-order valence-corrected chi connectivity index (χ2v) is 8.09. The minimum absolute atomic E-state index is 0.00960. The Morgan fingerprint density at radius 3 is 2.56 bits per heavy atom. The maximum atomic E-state index is 13.0. The van der Waals surface area contributed by atoms with Crippen LogP contribution in [0, 0.1) is 0 Å². The van der Waals surface area contributed by atoms with Crippen LogP contribution in [-0.2, 0) is 5.41 Å². The summed E-state index contributed by atoms with van der Waals surface area (Å²) in [4.78, 5) is 23.6. The minimum Gasteiger partial charge on any atom is -0.338 e. The van der Waals surface area contributed by atoms with Gasteiger partial charge in [0.2, 0.25) is 0 Å². The minimum atomic E-state index is -0.00960. The lowest BCUT2D eigenvalue weighted by molar-refractivity contribution is 0.0691. The van der Waals surface area contributed by atoms with Gasteiger partial charge < -0.3 is 4.90 Å². The van der Waals surface area contributed by atoms with Crippen LogP contribution in [0.3, 0.4) is 0 Å². The van der Waals surface area contributed by atoms with Crippen LogP contribution in [0.4, 0.5) is 0 Å². The maximum Gasteiger partial charge on any atom is 0.256 e. The molecule has 0 saturated carbocycles. The number of amides is 1. The van der Waals surface area contributed by atoms with E-state index in [1.165, 1.54) is 0 Å². The van der Waals surface area contributed by atoms with Crippen molar-refractivity contribution in [3.63, 3.8) is 0 Å². The SMILES string of the molecule is CC(C)(C)c1cn(C2CCN(C(=O)c3cccc4nccnc34)CC2)nn1. The summed E-state index contributed by atoms with van der Waals surface area (Å²) in [6.07, 6.45) is 7.06. The predicted octanol–water partition coefficient (Wildman–Crippen LogP) is 3.00. The molecule has 4 rings (SSSR count). The van der Waals surface area contributed by atoms with Gasteiger partial charge in [0.05, 0.1) is 22.8 Å². The molecule has 27 heavy (non-hydrogen) atoms. The third-order valence-corrected chi connectivity index (χ3v) is 5.13. The fraction of sp³-hybridized carbons (Fsp3) is 0.450. The van der Waals surface area contributed by atoms with E-state index < -0.39 is 0 Å². The first kappa shape index (κ1) is 17.6. The molecule has 1 aliphatic heterocycles. The molecule has 7 heteroatoms. The summed E-state index contributed by atoms with van der Waals surface area (Å²) < 4.78 is 1.96. The van der Waals surface area contributed by atoms with E-state index in [4.69, 9.17) is 0 Å². The van der Waals surface area contributed by atoms with Crippen LogP contribution in [0.5, 0.6) is 0 Å². The molecule has 0 atom stereocenters. The number of nitrogens with zero attached hydrogens (tertiary/aromatic N) is 6. The average Bonchev–Trinajstić information content (AvgIpc) is 3.18. The van der Waals surface area contributed by atoms with E-state index in [9.17, 15) is 4.79 Å². The highest BCUT2D eigenvalue weighted by Crippen LogP contribution is 2.26. The molecule has 0 bridgehead atoms. The summed E-state index contributed by atoms with van der Waals surface area (Å²) in [5.74, 6) is 0.0218. The predicted molar refractivity (Wildman–Crippen MR) is 102 cm³/mol. The molecular weight excluding hydrogens is 340 g/mol. The molecule has 1 amide bonds. The molecule has 2 aromatic heterocycles. The summed E-state index contributed by atoms with van der Waals surface area (Å²) in [7, 11) is 0. The molecule has 3 heterocycles. The number of carbonyl (C=O) groups is 1. The van der Waals surface area contributed by atoms with E-state index in [-0.39, 0.29) is 17.4 Å². The van der Waals surface area contributed by atoms with Crippen molar-refractivity contribution in [2.24, 2.45) is 0 Å². The second kappa shape index (κ2) is 6.72. The molecule has 1 saturated heterocycles. The van der Waals surface area contributed by atoms with E-state index in [0.717, 1.165) is 24.1 Å². The number of aromatic nitrogens is 5. The molecule has 0 N–H and O–H groups in total. The van der Waals surface area contributed by atoms with E-state index in [2.05, 4.69) is 41.1 Å². The van der Waals surface area contributed by atoms with Crippen LogP contribution < -0.4 is 0 Å². The Labute approximate surface area is 158 Å². The molecule has 1 aliphatic rings. The van der Waals surface area contributed by atoms with Crippen molar-refractivity contribution in [1.29, 1.82) is 0 Å². The van der Waals surface area contributed by atoms with Gasteiger partial charge >= 0.3 is 0 Å². The Balaban J connectivity index is 1.47. The summed E-state index contributed by atoms with van der Waals surface area (Å²) in [6.45, 7) is 7.80. The van der Waals surface area contributed by atoms with Crippen LogP contribution in [0.25, 0.3) is 11.0 Å². The van der Waals surface area contributed by atoms with Gasteiger partial charge in [0, 0.05) is 37.1 Å². The van der Waals surface area contributed by atoms with E-state index in [0.29, 0.717) is 24.2 Å². The van der Waals surface area contributed by atoms with Gasteiger partial charge in [0.1, 0.15) is 5.52 Å². The van der Waals surface area contributed by atoms with Crippen molar-refractivity contribution in [2.45, 2.75) is 45.1 Å². The summed E-state index contributed by atoms with van der Waals surface area (Å²) >= 11 is 0. The summed E-state index contributed by atoms with van der Waals surface area (Å²) in [5.41, 5.74) is 3.02. The lowest BCUT2D eigenvalue weighted by Gasteiger charge is -2.32. The number of hydrogen-bond donors (Lipinski definition) is 0. The summed E-state index contributed by atoms with van der Waals surface area (Å²) in [6, 6.07) is 5.85. The topological polar surface area (TPSA) is 76.8 Å². The molecule has 7 nitrogen and oxygen atoms in total. The number of benzene rings is 1. The van der Waals surface area contributed by atoms with Gasteiger partial charge in [-0.15, -0.1) is 5.10 Å². The Kier molecular flexibility index (Phi) is 4.37.